The predicted octanol–water partition coefficient (Wildman–Crippen LogP) is 8.20. The number of nitrogens with one attached hydrogen (secondary N) is 1. The van der Waals surface area contributed by atoms with Gasteiger partial charge >= 0.3 is 12.1 Å². The molecule has 0 aliphatic carbocycles. The SMILES string of the molecule is CCN(CC)c1ccc(Br)cc1C(=O)N[C@@H](Cc1ccc(-c2cccc(Oc3ccc(C(F)(F)F)cc3)c2)cc1)C(=O)O. The third-order valence-electron chi connectivity index (χ3n) is 6.89. The van der Waals surface area contributed by atoms with Crippen molar-refractivity contribution in [2.24, 2.45) is 0 Å². The standard InChI is InChI=1S/C33H30BrF3N2O4/c1-3-39(4-2)30-17-14-25(34)20-28(30)31(40)38-29(32(41)42)18-21-8-10-22(11-9-21)23-6-5-7-27(19-23)43-26-15-12-24(13-16-26)33(35,36)37/h5-17,19-20,29H,3-4,18H2,1-2H3,(H,38,40)(H,41,42)/t29-/m0/s1. The molecular formula is C33H30BrF3N2O4. The summed E-state index contributed by atoms with van der Waals surface area (Å²) in [6, 6.07) is 23.0. The molecule has 6 nitrogen and oxygen atoms in total. The Balaban J connectivity index is 1.46. The van der Waals surface area contributed by atoms with Gasteiger partial charge in [0.05, 0.1) is 11.1 Å². The molecule has 4 rings (SSSR count). The number of anilines is 1. The van der Waals surface area contributed by atoms with Crippen molar-refractivity contribution in [1.82, 2.24) is 5.32 Å². The highest BCUT2D eigenvalue weighted by atomic mass is 79.9. The fourth-order valence-electron chi connectivity index (χ4n) is 4.62. The molecule has 1 atom stereocenters. The quantitative estimate of drug-likeness (QED) is 0.170. The number of benzene rings is 4. The van der Waals surface area contributed by atoms with Crippen molar-refractivity contribution in [1.29, 1.82) is 0 Å². The summed E-state index contributed by atoms with van der Waals surface area (Å²) < 4.78 is 45.0. The van der Waals surface area contributed by atoms with Crippen LogP contribution in [0.2, 0.25) is 0 Å². The van der Waals surface area contributed by atoms with Crippen LogP contribution in [0.3, 0.4) is 0 Å². The van der Waals surface area contributed by atoms with E-state index in [1.807, 2.05) is 49.1 Å². The van der Waals surface area contributed by atoms with E-state index in [-0.39, 0.29) is 12.2 Å². The summed E-state index contributed by atoms with van der Waals surface area (Å²) >= 11 is 3.40. The number of alkyl halides is 3. The molecular weight excluding hydrogens is 625 g/mol. The van der Waals surface area contributed by atoms with E-state index in [1.54, 1.807) is 36.4 Å². The lowest BCUT2D eigenvalue weighted by atomic mass is 10.00. The minimum Gasteiger partial charge on any atom is -0.480 e. The summed E-state index contributed by atoms with van der Waals surface area (Å²) in [5.41, 5.74) is 2.71. The van der Waals surface area contributed by atoms with Crippen LogP contribution in [0.4, 0.5) is 18.9 Å². The van der Waals surface area contributed by atoms with Crippen molar-refractivity contribution < 1.29 is 32.6 Å². The Morgan fingerprint density at radius 1 is 0.884 bits per heavy atom. The van der Waals surface area contributed by atoms with Gasteiger partial charge in [-0.15, -0.1) is 0 Å². The van der Waals surface area contributed by atoms with Gasteiger partial charge in [0.1, 0.15) is 17.5 Å². The molecule has 10 heteroatoms. The van der Waals surface area contributed by atoms with Gasteiger partial charge in [0.15, 0.2) is 0 Å². The van der Waals surface area contributed by atoms with Gasteiger partial charge in [0, 0.05) is 29.7 Å². The van der Waals surface area contributed by atoms with Gasteiger partial charge in [-0.1, -0.05) is 52.3 Å². The molecule has 0 unspecified atom stereocenters. The van der Waals surface area contributed by atoms with E-state index in [0.717, 1.165) is 28.9 Å². The fraction of sp³-hybridized carbons (Fsp3) is 0.212. The van der Waals surface area contributed by atoms with Crippen molar-refractivity contribution in [3.63, 3.8) is 0 Å². The predicted molar refractivity (Wildman–Crippen MR) is 164 cm³/mol. The number of amides is 1. The number of aliphatic carboxylic acids is 1. The van der Waals surface area contributed by atoms with Crippen molar-refractivity contribution in [2.45, 2.75) is 32.5 Å². The molecule has 2 N–H and O–H groups in total. The number of halogens is 4. The highest BCUT2D eigenvalue weighted by molar-refractivity contribution is 9.10. The maximum absolute atomic E-state index is 13.2. The number of rotatable bonds is 11. The highest BCUT2D eigenvalue weighted by Gasteiger charge is 2.30. The van der Waals surface area contributed by atoms with Crippen LogP contribution < -0.4 is 15.0 Å². The zero-order valence-electron chi connectivity index (χ0n) is 23.5. The number of carboxylic acid groups (broad SMARTS) is 1. The minimum atomic E-state index is -4.42. The molecule has 224 valence electrons. The van der Waals surface area contributed by atoms with E-state index in [9.17, 15) is 27.9 Å². The van der Waals surface area contributed by atoms with E-state index < -0.39 is 29.7 Å². The van der Waals surface area contributed by atoms with Crippen LogP contribution in [0, 0.1) is 0 Å². The smallest absolute Gasteiger partial charge is 0.416 e. The minimum absolute atomic E-state index is 0.0764. The summed E-state index contributed by atoms with van der Waals surface area (Å²) in [5.74, 6) is -0.900. The first kappa shape index (κ1) is 31.6. The van der Waals surface area contributed by atoms with Gasteiger partial charge in [0.25, 0.3) is 5.91 Å². The van der Waals surface area contributed by atoms with Crippen LogP contribution in [0.15, 0.2) is 95.5 Å². The van der Waals surface area contributed by atoms with Crippen LogP contribution in [-0.4, -0.2) is 36.1 Å². The molecule has 4 aromatic carbocycles. The van der Waals surface area contributed by atoms with E-state index in [0.29, 0.717) is 34.4 Å². The summed E-state index contributed by atoms with van der Waals surface area (Å²) in [7, 11) is 0. The summed E-state index contributed by atoms with van der Waals surface area (Å²) in [5, 5.41) is 12.6. The number of carbonyl (C=O) groups excluding carboxylic acids is 1. The van der Waals surface area contributed by atoms with Gasteiger partial charge in [-0.3, -0.25) is 4.79 Å². The van der Waals surface area contributed by atoms with Crippen molar-refractivity contribution >= 4 is 33.5 Å². The van der Waals surface area contributed by atoms with Gasteiger partial charge in [-0.25, -0.2) is 4.79 Å². The molecule has 0 bridgehead atoms. The molecule has 0 aromatic heterocycles. The Morgan fingerprint density at radius 3 is 2.16 bits per heavy atom. The third-order valence-corrected chi connectivity index (χ3v) is 7.38. The molecule has 0 saturated carbocycles. The molecule has 0 radical (unpaired) electrons. The maximum atomic E-state index is 13.2. The Kier molecular flexibility index (Phi) is 10.1. The second-order valence-electron chi connectivity index (χ2n) is 9.75. The van der Waals surface area contributed by atoms with E-state index in [1.165, 1.54) is 12.1 Å². The van der Waals surface area contributed by atoms with E-state index in [4.69, 9.17) is 4.74 Å². The number of hydrogen-bond donors (Lipinski definition) is 2. The van der Waals surface area contributed by atoms with Crippen LogP contribution in [0.5, 0.6) is 11.5 Å². The monoisotopic (exact) mass is 654 g/mol. The summed E-state index contributed by atoms with van der Waals surface area (Å²) in [4.78, 5) is 27.4. The molecule has 0 saturated heterocycles. The average molecular weight is 656 g/mol. The lowest BCUT2D eigenvalue weighted by Gasteiger charge is -2.24. The van der Waals surface area contributed by atoms with E-state index >= 15 is 0 Å². The summed E-state index contributed by atoms with van der Waals surface area (Å²) in [6.45, 7) is 5.35. The number of ether oxygens (including phenoxy) is 1. The molecule has 1 amide bonds. The molecule has 4 aromatic rings. The second-order valence-corrected chi connectivity index (χ2v) is 10.7. The first-order valence-corrected chi connectivity index (χ1v) is 14.4. The first-order valence-electron chi connectivity index (χ1n) is 13.6. The molecule has 0 fully saturated rings. The van der Waals surface area contributed by atoms with E-state index in [2.05, 4.69) is 21.2 Å². The number of nitrogens with zero attached hydrogens (tertiary/aromatic N) is 1. The Labute approximate surface area is 256 Å². The van der Waals surface area contributed by atoms with Crippen molar-refractivity contribution in [2.75, 3.05) is 18.0 Å². The molecule has 0 spiro atoms. The fourth-order valence-corrected chi connectivity index (χ4v) is 4.98. The maximum Gasteiger partial charge on any atom is 0.416 e. The van der Waals surface area contributed by atoms with Crippen LogP contribution in [-0.2, 0) is 17.4 Å². The second kappa shape index (κ2) is 13.8. The first-order chi connectivity index (χ1) is 20.5. The lowest BCUT2D eigenvalue weighted by Crippen LogP contribution is -2.42. The lowest BCUT2D eigenvalue weighted by molar-refractivity contribution is -0.139. The number of hydrogen-bond acceptors (Lipinski definition) is 4. The number of carboxylic acids is 1. The van der Waals surface area contributed by atoms with Crippen molar-refractivity contribution in [3.05, 3.63) is 112 Å². The molecule has 0 aliphatic rings. The van der Waals surface area contributed by atoms with Gasteiger partial charge in [-0.2, -0.15) is 13.2 Å². The van der Waals surface area contributed by atoms with Crippen LogP contribution in [0.1, 0.15) is 35.3 Å². The zero-order valence-corrected chi connectivity index (χ0v) is 25.1. The van der Waals surface area contributed by atoms with Crippen LogP contribution >= 0.6 is 15.9 Å². The number of carbonyl (C=O) groups is 2. The largest absolute Gasteiger partial charge is 0.480 e. The Bertz CT molecular complexity index is 1570. The van der Waals surface area contributed by atoms with Crippen molar-refractivity contribution in [3.8, 4) is 22.6 Å². The van der Waals surface area contributed by atoms with Crippen LogP contribution in [0.25, 0.3) is 11.1 Å². The Hall–Kier alpha value is -4.31. The zero-order chi connectivity index (χ0) is 31.1. The van der Waals surface area contributed by atoms with Gasteiger partial charge < -0.3 is 20.1 Å². The summed E-state index contributed by atoms with van der Waals surface area (Å²) in [6.07, 6.45) is -4.35. The highest BCUT2D eigenvalue weighted by Crippen LogP contribution is 2.32. The molecule has 43 heavy (non-hydrogen) atoms. The van der Waals surface area contributed by atoms with Gasteiger partial charge in [0.2, 0.25) is 0 Å². The third kappa shape index (κ3) is 8.16. The Morgan fingerprint density at radius 2 is 1.56 bits per heavy atom. The van der Waals surface area contributed by atoms with Gasteiger partial charge in [-0.05, 0) is 85.1 Å². The molecule has 0 aliphatic heterocycles. The molecule has 0 heterocycles. The normalized spacial score (nSPS) is 12.0. The topological polar surface area (TPSA) is 78.9 Å². The average Bonchev–Trinajstić information content (AvgIpc) is 2.98.